The summed E-state index contributed by atoms with van der Waals surface area (Å²) in [5, 5.41) is 0. The Labute approximate surface area is 103 Å². The molecule has 1 fully saturated rings. The first kappa shape index (κ1) is 13.1. The van der Waals surface area contributed by atoms with Crippen molar-refractivity contribution in [3.8, 4) is 0 Å². The quantitative estimate of drug-likeness (QED) is 0.835. The number of methoxy groups -OCH3 is 1. The number of ether oxygens (including phenoxy) is 1. The fraction of sp³-hybridized carbons (Fsp3) is 0.636. The summed E-state index contributed by atoms with van der Waals surface area (Å²) in [7, 11) is 1.49. The Hall–Kier alpha value is -1.37. The lowest BCUT2D eigenvalue weighted by Crippen LogP contribution is -2.56. The Bertz CT molecular complexity index is 436. The summed E-state index contributed by atoms with van der Waals surface area (Å²) in [6.07, 6.45) is -4.09. The van der Waals surface area contributed by atoms with Gasteiger partial charge in [0.2, 0.25) is 0 Å². The molecular weight excluding hydrogens is 247 g/mol. The predicted molar refractivity (Wildman–Crippen MR) is 59.3 cm³/mol. The second-order valence-corrected chi connectivity index (χ2v) is 4.26. The highest BCUT2D eigenvalue weighted by Gasteiger charge is 2.49. The number of aromatic nitrogens is 2. The summed E-state index contributed by atoms with van der Waals surface area (Å²) in [4.78, 5) is 9.46. The van der Waals surface area contributed by atoms with Gasteiger partial charge in [-0.15, -0.1) is 0 Å². The number of anilines is 1. The van der Waals surface area contributed by atoms with Crippen molar-refractivity contribution in [1.82, 2.24) is 9.97 Å². The minimum atomic E-state index is -4.21. The number of alkyl halides is 3. The third kappa shape index (κ3) is 2.55. The molecule has 0 bridgehead atoms. The average molecular weight is 261 g/mol. The molecule has 0 spiro atoms. The fourth-order valence-corrected chi connectivity index (χ4v) is 1.95. The fourth-order valence-electron chi connectivity index (χ4n) is 1.95. The number of hydrogen-bond donors (Lipinski definition) is 0. The van der Waals surface area contributed by atoms with Gasteiger partial charge in [0.1, 0.15) is 18.5 Å². The zero-order chi connectivity index (χ0) is 13.3. The van der Waals surface area contributed by atoms with Gasteiger partial charge in [0.25, 0.3) is 0 Å². The lowest BCUT2D eigenvalue weighted by molar-refractivity contribution is -0.159. The molecule has 1 aliphatic rings. The molecule has 0 N–H and O–H groups in total. The predicted octanol–water partition coefficient (Wildman–Crippen LogP) is 2.07. The largest absolute Gasteiger partial charge is 0.408 e. The molecule has 1 aromatic heterocycles. The molecule has 0 aromatic carbocycles. The molecule has 1 unspecified atom stereocenters. The van der Waals surface area contributed by atoms with E-state index in [0.29, 0.717) is 23.9 Å². The zero-order valence-corrected chi connectivity index (χ0v) is 10.2. The first-order valence-electron chi connectivity index (χ1n) is 5.58. The second kappa shape index (κ2) is 4.72. The number of aryl methyl sites for hydroxylation is 1. The normalized spacial score (nSPS) is 19.8. The standard InChI is InChI=1S/C11H14F3N3O/c1-7-5-10(16-9(15-7)6-18-2)17-4-3-8(17)11(12,13)14/h5,8H,3-4,6H2,1-2H3. The van der Waals surface area contributed by atoms with Crippen molar-refractivity contribution >= 4 is 5.82 Å². The molecule has 1 saturated heterocycles. The first-order chi connectivity index (χ1) is 8.41. The van der Waals surface area contributed by atoms with Gasteiger partial charge in [-0.05, 0) is 13.3 Å². The Kier molecular flexibility index (Phi) is 3.43. The zero-order valence-electron chi connectivity index (χ0n) is 10.2. The Balaban J connectivity index is 2.23. The molecule has 2 heterocycles. The van der Waals surface area contributed by atoms with E-state index >= 15 is 0 Å². The molecule has 0 amide bonds. The third-order valence-corrected chi connectivity index (χ3v) is 2.85. The molecule has 18 heavy (non-hydrogen) atoms. The van der Waals surface area contributed by atoms with Gasteiger partial charge in [-0.25, -0.2) is 9.97 Å². The summed E-state index contributed by atoms with van der Waals surface area (Å²) in [5.74, 6) is 0.725. The number of rotatable bonds is 3. The highest BCUT2D eigenvalue weighted by Crippen LogP contribution is 2.36. The van der Waals surface area contributed by atoms with Crippen LogP contribution in [-0.2, 0) is 11.3 Å². The van der Waals surface area contributed by atoms with Crippen LogP contribution in [0.15, 0.2) is 6.07 Å². The van der Waals surface area contributed by atoms with Crippen LogP contribution in [0.3, 0.4) is 0 Å². The van der Waals surface area contributed by atoms with Gasteiger partial charge in [0.05, 0.1) is 0 Å². The Morgan fingerprint density at radius 1 is 1.44 bits per heavy atom. The molecule has 7 heteroatoms. The van der Waals surface area contributed by atoms with Crippen molar-refractivity contribution in [1.29, 1.82) is 0 Å². The molecule has 0 aliphatic carbocycles. The topological polar surface area (TPSA) is 38.2 Å². The first-order valence-corrected chi connectivity index (χ1v) is 5.58. The highest BCUT2D eigenvalue weighted by molar-refractivity contribution is 5.44. The maximum Gasteiger partial charge on any atom is 0.408 e. The van der Waals surface area contributed by atoms with Crippen LogP contribution in [-0.4, -0.2) is 35.8 Å². The van der Waals surface area contributed by atoms with Gasteiger partial charge in [-0.1, -0.05) is 0 Å². The van der Waals surface area contributed by atoms with Crippen molar-refractivity contribution < 1.29 is 17.9 Å². The van der Waals surface area contributed by atoms with Crippen LogP contribution in [0.1, 0.15) is 17.9 Å². The van der Waals surface area contributed by atoms with E-state index in [0.717, 1.165) is 0 Å². The lowest BCUT2D eigenvalue weighted by Gasteiger charge is -2.42. The van der Waals surface area contributed by atoms with E-state index in [2.05, 4.69) is 9.97 Å². The summed E-state index contributed by atoms with van der Waals surface area (Å²) in [5.41, 5.74) is 0.639. The minimum Gasteiger partial charge on any atom is -0.377 e. The van der Waals surface area contributed by atoms with Crippen molar-refractivity contribution in [3.63, 3.8) is 0 Å². The molecule has 100 valence electrons. The van der Waals surface area contributed by atoms with Crippen molar-refractivity contribution in [2.75, 3.05) is 18.6 Å². The second-order valence-electron chi connectivity index (χ2n) is 4.26. The smallest absolute Gasteiger partial charge is 0.377 e. The number of nitrogens with zero attached hydrogens (tertiary/aromatic N) is 3. The average Bonchev–Trinajstić information content (AvgIpc) is 2.11. The molecule has 0 saturated carbocycles. The Morgan fingerprint density at radius 2 is 2.17 bits per heavy atom. The van der Waals surface area contributed by atoms with Crippen LogP contribution in [0.4, 0.5) is 19.0 Å². The van der Waals surface area contributed by atoms with Crippen LogP contribution >= 0.6 is 0 Å². The van der Waals surface area contributed by atoms with Gasteiger partial charge in [0.15, 0.2) is 5.82 Å². The van der Waals surface area contributed by atoms with E-state index in [1.165, 1.54) is 12.0 Å². The maximum absolute atomic E-state index is 12.7. The summed E-state index contributed by atoms with van der Waals surface area (Å²) in [6.45, 7) is 2.29. The maximum atomic E-state index is 12.7. The Morgan fingerprint density at radius 3 is 2.67 bits per heavy atom. The molecular formula is C11H14F3N3O. The van der Waals surface area contributed by atoms with E-state index in [9.17, 15) is 13.2 Å². The van der Waals surface area contributed by atoms with Gasteiger partial charge in [-0.3, -0.25) is 0 Å². The van der Waals surface area contributed by atoms with Gasteiger partial charge < -0.3 is 9.64 Å². The third-order valence-electron chi connectivity index (χ3n) is 2.85. The highest BCUT2D eigenvalue weighted by atomic mass is 19.4. The van der Waals surface area contributed by atoms with Crippen LogP contribution in [0.2, 0.25) is 0 Å². The van der Waals surface area contributed by atoms with Crippen molar-refractivity contribution in [2.45, 2.75) is 32.2 Å². The van der Waals surface area contributed by atoms with E-state index in [4.69, 9.17) is 4.74 Å². The molecule has 2 rings (SSSR count). The summed E-state index contributed by atoms with van der Waals surface area (Å²) in [6, 6.07) is 0.138. The SMILES string of the molecule is COCc1nc(C)cc(N2CCC2C(F)(F)F)n1. The van der Waals surface area contributed by atoms with E-state index in [1.807, 2.05) is 0 Å². The van der Waals surface area contributed by atoms with Crippen LogP contribution in [0.25, 0.3) is 0 Å². The molecule has 4 nitrogen and oxygen atoms in total. The van der Waals surface area contributed by atoms with Gasteiger partial charge in [0, 0.05) is 25.4 Å². The minimum absolute atomic E-state index is 0.117. The molecule has 1 atom stereocenters. The van der Waals surface area contributed by atoms with E-state index < -0.39 is 12.2 Å². The molecule has 1 aliphatic heterocycles. The summed E-state index contributed by atoms with van der Waals surface area (Å²) >= 11 is 0. The van der Waals surface area contributed by atoms with E-state index in [-0.39, 0.29) is 13.0 Å². The van der Waals surface area contributed by atoms with Gasteiger partial charge >= 0.3 is 6.18 Å². The van der Waals surface area contributed by atoms with Crippen LogP contribution < -0.4 is 4.90 Å². The van der Waals surface area contributed by atoms with E-state index in [1.54, 1.807) is 13.0 Å². The van der Waals surface area contributed by atoms with Crippen molar-refractivity contribution in [3.05, 3.63) is 17.6 Å². The van der Waals surface area contributed by atoms with Crippen LogP contribution in [0, 0.1) is 6.92 Å². The monoisotopic (exact) mass is 261 g/mol. The number of halogens is 3. The van der Waals surface area contributed by atoms with Crippen molar-refractivity contribution in [2.24, 2.45) is 0 Å². The lowest BCUT2D eigenvalue weighted by atomic mass is 10.0. The number of hydrogen-bond acceptors (Lipinski definition) is 4. The van der Waals surface area contributed by atoms with Gasteiger partial charge in [-0.2, -0.15) is 13.2 Å². The molecule has 0 radical (unpaired) electrons. The molecule has 1 aromatic rings. The summed E-state index contributed by atoms with van der Waals surface area (Å²) < 4.78 is 42.9. The van der Waals surface area contributed by atoms with Crippen LogP contribution in [0.5, 0.6) is 0 Å².